The van der Waals surface area contributed by atoms with Crippen LogP contribution >= 0.6 is 0 Å². The van der Waals surface area contributed by atoms with Gasteiger partial charge in [-0.25, -0.2) is 15.0 Å². The standard InChI is InChI=1S/C45H29N3O/c1-4-11-30(12-5-1)32-19-23-35(24-20-32)44-46-43(34-15-8-3-9-16-34)47-45(48-44)36-25-21-33(22-26-36)38-17-10-18-40-42(38)39-28-27-37(29-41(39)49-40)31-13-6-2-7-14-31/h1-29H. The van der Waals surface area contributed by atoms with Gasteiger partial charge in [-0.15, -0.1) is 0 Å². The van der Waals surface area contributed by atoms with Crippen LogP contribution in [-0.4, -0.2) is 15.0 Å². The third kappa shape index (κ3) is 5.45. The Morgan fingerprint density at radius 2 is 0.735 bits per heavy atom. The highest BCUT2D eigenvalue weighted by molar-refractivity contribution is 6.13. The summed E-state index contributed by atoms with van der Waals surface area (Å²) in [5.41, 5.74) is 11.4. The number of hydrogen-bond acceptors (Lipinski definition) is 4. The first-order chi connectivity index (χ1) is 24.3. The van der Waals surface area contributed by atoms with Gasteiger partial charge in [-0.3, -0.25) is 0 Å². The van der Waals surface area contributed by atoms with E-state index < -0.39 is 0 Å². The molecular formula is C45H29N3O. The van der Waals surface area contributed by atoms with Gasteiger partial charge in [0.05, 0.1) is 0 Å². The molecule has 4 nitrogen and oxygen atoms in total. The summed E-state index contributed by atoms with van der Waals surface area (Å²) in [5.74, 6) is 1.90. The molecule has 0 radical (unpaired) electrons. The lowest BCUT2D eigenvalue weighted by Crippen LogP contribution is -2.00. The van der Waals surface area contributed by atoms with Crippen molar-refractivity contribution in [3.63, 3.8) is 0 Å². The maximum absolute atomic E-state index is 6.39. The Morgan fingerprint density at radius 1 is 0.306 bits per heavy atom. The Balaban J connectivity index is 1.10. The minimum atomic E-state index is 0.628. The summed E-state index contributed by atoms with van der Waals surface area (Å²) in [6, 6.07) is 60.4. The number of hydrogen-bond donors (Lipinski definition) is 0. The molecule has 9 aromatic rings. The van der Waals surface area contributed by atoms with Gasteiger partial charge in [0.25, 0.3) is 0 Å². The highest BCUT2D eigenvalue weighted by Crippen LogP contribution is 2.39. The number of nitrogens with zero attached hydrogens (tertiary/aromatic N) is 3. The fourth-order valence-electron chi connectivity index (χ4n) is 6.47. The third-order valence-corrected chi connectivity index (χ3v) is 8.98. The van der Waals surface area contributed by atoms with Gasteiger partial charge in [0, 0.05) is 27.5 Å². The molecule has 0 N–H and O–H groups in total. The van der Waals surface area contributed by atoms with Crippen LogP contribution in [0.3, 0.4) is 0 Å². The molecule has 0 spiro atoms. The van der Waals surface area contributed by atoms with Crippen molar-refractivity contribution in [3.05, 3.63) is 176 Å². The first-order valence-electron chi connectivity index (χ1n) is 16.4. The van der Waals surface area contributed by atoms with Gasteiger partial charge in [0.2, 0.25) is 0 Å². The Morgan fingerprint density at radius 3 is 1.31 bits per heavy atom. The molecule has 0 saturated heterocycles. The van der Waals surface area contributed by atoms with Crippen molar-refractivity contribution in [3.8, 4) is 67.5 Å². The fourth-order valence-corrected chi connectivity index (χ4v) is 6.47. The predicted octanol–water partition coefficient (Wildman–Crippen LogP) is 11.8. The van der Waals surface area contributed by atoms with E-state index in [2.05, 4.69) is 127 Å². The van der Waals surface area contributed by atoms with E-state index in [-0.39, 0.29) is 0 Å². The minimum Gasteiger partial charge on any atom is -0.456 e. The quantitative estimate of drug-likeness (QED) is 0.184. The normalized spacial score (nSPS) is 11.3. The van der Waals surface area contributed by atoms with E-state index in [4.69, 9.17) is 19.4 Å². The molecule has 0 aliphatic carbocycles. The highest BCUT2D eigenvalue weighted by Gasteiger charge is 2.16. The van der Waals surface area contributed by atoms with Crippen LogP contribution in [0, 0.1) is 0 Å². The highest BCUT2D eigenvalue weighted by atomic mass is 16.3. The third-order valence-electron chi connectivity index (χ3n) is 8.98. The molecule has 0 atom stereocenters. The van der Waals surface area contributed by atoms with Crippen molar-refractivity contribution in [2.24, 2.45) is 0 Å². The summed E-state index contributed by atoms with van der Waals surface area (Å²) in [6.45, 7) is 0. The van der Waals surface area contributed by atoms with Crippen LogP contribution < -0.4 is 0 Å². The van der Waals surface area contributed by atoms with Crippen molar-refractivity contribution in [1.29, 1.82) is 0 Å². The molecule has 4 heteroatoms. The van der Waals surface area contributed by atoms with Gasteiger partial charge in [0.1, 0.15) is 11.2 Å². The topological polar surface area (TPSA) is 51.8 Å². The SMILES string of the molecule is c1ccc(-c2ccc(-c3nc(-c4ccccc4)nc(-c4ccc(-c5cccc6oc7cc(-c8ccccc8)ccc7c56)cc4)n3)cc2)cc1. The zero-order chi connectivity index (χ0) is 32.6. The number of fused-ring (bicyclic) bond motifs is 3. The van der Waals surface area contributed by atoms with Crippen molar-refractivity contribution < 1.29 is 4.42 Å². The molecule has 0 bridgehead atoms. The molecule has 230 valence electrons. The van der Waals surface area contributed by atoms with Gasteiger partial charge in [-0.2, -0.15) is 0 Å². The minimum absolute atomic E-state index is 0.628. The van der Waals surface area contributed by atoms with E-state index in [1.807, 2.05) is 48.5 Å². The molecule has 0 saturated carbocycles. The van der Waals surface area contributed by atoms with E-state index in [1.165, 1.54) is 11.1 Å². The maximum atomic E-state index is 6.39. The predicted molar refractivity (Wildman–Crippen MR) is 200 cm³/mol. The van der Waals surface area contributed by atoms with Crippen LogP contribution in [0.25, 0.3) is 89.5 Å². The Kier molecular flexibility index (Phi) is 7.10. The molecule has 0 fully saturated rings. The molecule has 2 aromatic heterocycles. The number of aromatic nitrogens is 3. The van der Waals surface area contributed by atoms with Crippen molar-refractivity contribution in [1.82, 2.24) is 15.0 Å². The van der Waals surface area contributed by atoms with Gasteiger partial charge in [-0.05, 0) is 51.6 Å². The molecule has 0 unspecified atom stereocenters. The molecule has 0 aliphatic heterocycles. The zero-order valence-corrected chi connectivity index (χ0v) is 26.5. The first-order valence-corrected chi connectivity index (χ1v) is 16.4. The molecule has 0 amide bonds. The molecule has 49 heavy (non-hydrogen) atoms. The van der Waals surface area contributed by atoms with Crippen molar-refractivity contribution >= 4 is 21.9 Å². The van der Waals surface area contributed by atoms with E-state index in [1.54, 1.807) is 0 Å². The fraction of sp³-hybridized carbons (Fsp3) is 0. The average Bonchev–Trinajstić information content (AvgIpc) is 3.57. The first kappa shape index (κ1) is 28.6. The number of benzene rings is 7. The second-order valence-corrected chi connectivity index (χ2v) is 12.1. The Labute approximate surface area is 284 Å². The molecule has 7 aromatic carbocycles. The summed E-state index contributed by atoms with van der Waals surface area (Å²) >= 11 is 0. The van der Waals surface area contributed by atoms with Crippen molar-refractivity contribution in [2.75, 3.05) is 0 Å². The molecule has 0 aliphatic rings. The van der Waals surface area contributed by atoms with E-state index in [0.717, 1.165) is 60.9 Å². The summed E-state index contributed by atoms with van der Waals surface area (Å²) in [4.78, 5) is 14.8. The Bertz CT molecular complexity index is 2560. The lowest BCUT2D eigenvalue weighted by molar-refractivity contribution is 0.669. The molecular weight excluding hydrogens is 599 g/mol. The van der Waals surface area contributed by atoms with Crippen LogP contribution in [0.5, 0.6) is 0 Å². The van der Waals surface area contributed by atoms with Gasteiger partial charge < -0.3 is 4.42 Å². The monoisotopic (exact) mass is 627 g/mol. The number of rotatable bonds is 6. The zero-order valence-electron chi connectivity index (χ0n) is 26.5. The second kappa shape index (κ2) is 12.2. The molecule has 9 rings (SSSR count). The van der Waals surface area contributed by atoms with Crippen LogP contribution in [0.4, 0.5) is 0 Å². The van der Waals surface area contributed by atoms with Crippen LogP contribution in [0.15, 0.2) is 180 Å². The summed E-state index contributed by atoms with van der Waals surface area (Å²) in [7, 11) is 0. The Hall–Kier alpha value is -6.65. The van der Waals surface area contributed by atoms with Gasteiger partial charge in [0.15, 0.2) is 17.5 Å². The smallest absolute Gasteiger partial charge is 0.164 e. The maximum Gasteiger partial charge on any atom is 0.164 e. The largest absolute Gasteiger partial charge is 0.456 e. The summed E-state index contributed by atoms with van der Waals surface area (Å²) in [6.07, 6.45) is 0. The summed E-state index contributed by atoms with van der Waals surface area (Å²) < 4.78 is 6.39. The molecule has 2 heterocycles. The lowest BCUT2D eigenvalue weighted by atomic mass is 9.97. The lowest BCUT2D eigenvalue weighted by Gasteiger charge is -2.10. The van der Waals surface area contributed by atoms with E-state index in [9.17, 15) is 0 Å². The van der Waals surface area contributed by atoms with E-state index in [0.29, 0.717) is 17.5 Å². The van der Waals surface area contributed by atoms with Gasteiger partial charge in [-0.1, -0.05) is 158 Å². The van der Waals surface area contributed by atoms with Crippen LogP contribution in [-0.2, 0) is 0 Å². The van der Waals surface area contributed by atoms with Gasteiger partial charge >= 0.3 is 0 Å². The van der Waals surface area contributed by atoms with Crippen LogP contribution in [0.2, 0.25) is 0 Å². The average molecular weight is 628 g/mol. The number of furan rings is 1. The van der Waals surface area contributed by atoms with Crippen LogP contribution in [0.1, 0.15) is 0 Å². The van der Waals surface area contributed by atoms with E-state index >= 15 is 0 Å². The second-order valence-electron chi connectivity index (χ2n) is 12.1. The van der Waals surface area contributed by atoms with Crippen molar-refractivity contribution in [2.45, 2.75) is 0 Å². The summed E-state index contributed by atoms with van der Waals surface area (Å²) in [5, 5.41) is 2.21.